The van der Waals surface area contributed by atoms with Crippen LogP contribution in [0.25, 0.3) is 0 Å². The van der Waals surface area contributed by atoms with Crippen molar-refractivity contribution in [1.82, 2.24) is 19.9 Å². The van der Waals surface area contributed by atoms with E-state index in [0.29, 0.717) is 24.3 Å². The molecule has 0 atom stereocenters. The third-order valence-corrected chi connectivity index (χ3v) is 5.80. The average molecular weight is 409 g/mol. The second-order valence-corrected chi connectivity index (χ2v) is 7.98. The Morgan fingerprint density at radius 1 is 1.00 bits per heavy atom. The van der Waals surface area contributed by atoms with E-state index in [0.717, 1.165) is 41.5 Å². The molecular formula is C21H24N6OS. The number of anilines is 2. The summed E-state index contributed by atoms with van der Waals surface area (Å²) in [5, 5.41) is 0. The Balaban J connectivity index is 1.59. The summed E-state index contributed by atoms with van der Waals surface area (Å²) >= 11 is 1.47. The molecule has 0 aliphatic carbocycles. The molecule has 3 aromatic rings. The third-order valence-electron chi connectivity index (χ3n) is 4.73. The summed E-state index contributed by atoms with van der Waals surface area (Å²) in [6.07, 6.45) is 3.50. The summed E-state index contributed by atoms with van der Waals surface area (Å²) in [7, 11) is 2.13. The molecule has 1 aliphatic rings. The first kappa shape index (κ1) is 19.5. The number of pyridine rings is 1. The number of aromatic nitrogens is 3. The van der Waals surface area contributed by atoms with E-state index in [1.54, 1.807) is 6.20 Å². The van der Waals surface area contributed by atoms with E-state index in [9.17, 15) is 0 Å². The van der Waals surface area contributed by atoms with Crippen molar-refractivity contribution in [3.63, 3.8) is 0 Å². The van der Waals surface area contributed by atoms with Crippen LogP contribution in [0.3, 0.4) is 0 Å². The third kappa shape index (κ3) is 4.96. The molecule has 7 nitrogen and oxygen atoms in total. The number of nitrogens with two attached hydrogens (primary N) is 1. The number of hydrogen-bond acceptors (Lipinski definition) is 8. The van der Waals surface area contributed by atoms with Gasteiger partial charge < -0.3 is 20.3 Å². The highest BCUT2D eigenvalue weighted by atomic mass is 32.2. The molecule has 1 aliphatic heterocycles. The van der Waals surface area contributed by atoms with Crippen LogP contribution in [0.1, 0.15) is 5.56 Å². The Kier molecular flexibility index (Phi) is 6.12. The molecule has 0 spiro atoms. The zero-order valence-electron chi connectivity index (χ0n) is 16.4. The molecule has 1 fully saturated rings. The summed E-state index contributed by atoms with van der Waals surface area (Å²) in [6.45, 7) is 4.22. The van der Waals surface area contributed by atoms with Crippen LogP contribution in [0.5, 0.6) is 5.88 Å². The van der Waals surface area contributed by atoms with Crippen molar-refractivity contribution < 1.29 is 4.74 Å². The van der Waals surface area contributed by atoms with Crippen molar-refractivity contribution in [2.45, 2.75) is 16.4 Å². The quantitative estimate of drug-likeness (QED) is 0.667. The Morgan fingerprint density at radius 2 is 1.79 bits per heavy atom. The number of nitrogen functional groups attached to an aromatic ring is 1. The molecule has 2 aromatic heterocycles. The molecular weight excluding hydrogens is 384 g/mol. The van der Waals surface area contributed by atoms with Crippen LogP contribution in [0.15, 0.2) is 64.6 Å². The smallest absolute Gasteiger partial charge is 0.232 e. The Bertz CT molecular complexity index is 947. The summed E-state index contributed by atoms with van der Waals surface area (Å²) in [4.78, 5) is 19.7. The number of hydrogen-bond donors (Lipinski definition) is 1. The standard InChI is InChI=1S/C21H24N6OS/c1-26-10-12-27(13-11-26)21-24-14-18(29-17-8-5-9-23-19(17)22)20(25-21)28-15-16-6-3-2-4-7-16/h2-9,14H,10-13,15H2,1H3,(H2,22,23). The molecule has 150 valence electrons. The Hall–Kier alpha value is -2.84. The highest BCUT2D eigenvalue weighted by molar-refractivity contribution is 7.99. The van der Waals surface area contributed by atoms with Crippen LogP contribution < -0.4 is 15.4 Å². The van der Waals surface area contributed by atoms with Gasteiger partial charge in [0.2, 0.25) is 11.8 Å². The lowest BCUT2D eigenvalue weighted by atomic mass is 10.2. The number of nitrogens with zero attached hydrogens (tertiary/aromatic N) is 5. The zero-order chi connectivity index (χ0) is 20.1. The minimum atomic E-state index is 0.441. The highest BCUT2D eigenvalue weighted by Gasteiger charge is 2.19. The molecule has 3 heterocycles. The van der Waals surface area contributed by atoms with E-state index in [4.69, 9.17) is 15.5 Å². The van der Waals surface area contributed by atoms with Crippen LogP contribution in [-0.4, -0.2) is 53.1 Å². The Labute approximate surface area is 174 Å². The molecule has 0 radical (unpaired) electrons. The molecule has 2 N–H and O–H groups in total. The molecule has 0 saturated carbocycles. The van der Waals surface area contributed by atoms with Gasteiger partial charge in [-0.05, 0) is 24.7 Å². The first-order chi connectivity index (χ1) is 14.2. The lowest BCUT2D eigenvalue weighted by Crippen LogP contribution is -2.45. The van der Waals surface area contributed by atoms with Crippen LogP contribution in [0.2, 0.25) is 0 Å². The second-order valence-electron chi connectivity index (χ2n) is 6.89. The van der Waals surface area contributed by atoms with Gasteiger partial charge in [-0.25, -0.2) is 9.97 Å². The number of likely N-dealkylation sites (N-methyl/N-ethyl adjacent to an activating group) is 1. The van der Waals surface area contributed by atoms with Crippen LogP contribution in [-0.2, 0) is 6.61 Å². The fraction of sp³-hybridized carbons (Fsp3) is 0.286. The van der Waals surface area contributed by atoms with Crippen LogP contribution in [0.4, 0.5) is 11.8 Å². The van der Waals surface area contributed by atoms with Gasteiger partial charge in [0.15, 0.2) is 0 Å². The van der Waals surface area contributed by atoms with Gasteiger partial charge >= 0.3 is 0 Å². The van der Waals surface area contributed by atoms with Gasteiger partial charge in [0.25, 0.3) is 0 Å². The normalized spacial score (nSPS) is 14.7. The average Bonchev–Trinajstić information content (AvgIpc) is 2.76. The van der Waals surface area contributed by atoms with Crippen molar-refractivity contribution in [3.8, 4) is 5.88 Å². The summed E-state index contributed by atoms with van der Waals surface area (Å²) in [5.74, 6) is 1.74. The molecule has 1 saturated heterocycles. The van der Waals surface area contributed by atoms with Gasteiger partial charge in [0.1, 0.15) is 12.4 Å². The van der Waals surface area contributed by atoms with Crippen molar-refractivity contribution in [2.75, 3.05) is 43.9 Å². The fourth-order valence-electron chi connectivity index (χ4n) is 3.01. The van der Waals surface area contributed by atoms with Crippen molar-refractivity contribution in [1.29, 1.82) is 0 Å². The zero-order valence-corrected chi connectivity index (χ0v) is 17.2. The maximum atomic E-state index is 6.12. The Morgan fingerprint density at radius 3 is 2.55 bits per heavy atom. The lowest BCUT2D eigenvalue weighted by Gasteiger charge is -2.32. The maximum Gasteiger partial charge on any atom is 0.232 e. The van der Waals surface area contributed by atoms with Gasteiger partial charge in [-0.2, -0.15) is 4.98 Å². The maximum absolute atomic E-state index is 6.12. The summed E-state index contributed by atoms with van der Waals surface area (Å²) in [6, 6.07) is 13.9. The predicted molar refractivity (Wildman–Crippen MR) is 115 cm³/mol. The van der Waals surface area contributed by atoms with Gasteiger partial charge in [0.05, 0.1) is 16.0 Å². The minimum absolute atomic E-state index is 0.441. The van der Waals surface area contributed by atoms with E-state index in [-0.39, 0.29) is 0 Å². The number of ether oxygens (including phenoxy) is 1. The van der Waals surface area contributed by atoms with Crippen molar-refractivity contribution in [2.24, 2.45) is 0 Å². The predicted octanol–water partition coefficient (Wildman–Crippen LogP) is 2.94. The van der Waals surface area contributed by atoms with Gasteiger partial charge in [-0.1, -0.05) is 42.1 Å². The first-order valence-corrected chi connectivity index (χ1v) is 10.4. The lowest BCUT2D eigenvalue weighted by molar-refractivity contribution is 0.283. The summed E-state index contributed by atoms with van der Waals surface area (Å²) in [5.41, 5.74) is 7.10. The van der Waals surface area contributed by atoms with Crippen LogP contribution in [0, 0.1) is 0 Å². The topological polar surface area (TPSA) is 80.4 Å². The minimum Gasteiger partial charge on any atom is -0.472 e. The number of benzene rings is 1. The van der Waals surface area contributed by atoms with E-state index < -0.39 is 0 Å². The molecule has 0 amide bonds. The number of rotatable bonds is 6. The summed E-state index contributed by atoms with van der Waals surface area (Å²) < 4.78 is 6.12. The monoisotopic (exact) mass is 408 g/mol. The molecule has 0 bridgehead atoms. The van der Waals surface area contributed by atoms with E-state index in [2.05, 4.69) is 26.8 Å². The van der Waals surface area contributed by atoms with E-state index >= 15 is 0 Å². The first-order valence-electron chi connectivity index (χ1n) is 9.54. The fourth-order valence-corrected chi connectivity index (χ4v) is 3.85. The second kappa shape index (κ2) is 9.11. The number of piperazine rings is 1. The van der Waals surface area contributed by atoms with Crippen molar-refractivity contribution in [3.05, 3.63) is 60.4 Å². The molecule has 8 heteroatoms. The molecule has 1 aromatic carbocycles. The molecule has 29 heavy (non-hydrogen) atoms. The van der Waals surface area contributed by atoms with Gasteiger partial charge in [-0.15, -0.1) is 0 Å². The van der Waals surface area contributed by atoms with Crippen molar-refractivity contribution >= 4 is 23.5 Å². The van der Waals surface area contributed by atoms with E-state index in [1.807, 2.05) is 48.7 Å². The van der Waals surface area contributed by atoms with Gasteiger partial charge in [-0.3, -0.25) is 0 Å². The van der Waals surface area contributed by atoms with E-state index in [1.165, 1.54) is 11.8 Å². The largest absolute Gasteiger partial charge is 0.472 e. The molecule has 0 unspecified atom stereocenters. The SMILES string of the molecule is CN1CCN(c2ncc(Sc3cccnc3N)c(OCc3ccccc3)n2)CC1. The molecule has 4 rings (SSSR count). The highest BCUT2D eigenvalue weighted by Crippen LogP contribution is 2.36. The van der Waals surface area contributed by atoms with Gasteiger partial charge in [0, 0.05) is 32.4 Å². The van der Waals surface area contributed by atoms with Crippen LogP contribution >= 0.6 is 11.8 Å².